The summed E-state index contributed by atoms with van der Waals surface area (Å²) in [5, 5.41) is 0.526. The molecule has 3 nitrogen and oxygen atoms in total. The standard InChI is InChI=1S/C8H9ClINO2S/c9-7-1-3-8(4-2-7)14(12,13)11-6-5-10/h1-4,11H,5-6H2. The quantitative estimate of drug-likeness (QED) is 0.671. The molecular formula is C8H9ClINO2S. The fourth-order valence-corrected chi connectivity index (χ4v) is 2.66. The number of halogens is 2. The molecule has 14 heavy (non-hydrogen) atoms. The zero-order valence-electron chi connectivity index (χ0n) is 7.20. The molecule has 0 saturated heterocycles. The molecule has 0 fully saturated rings. The van der Waals surface area contributed by atoms with Crippen molar-refractivity contribution in [3.63, 3.8) is 0 Å². The number of sulfonamides is 1. The molecule has 1 N–H and O–H groups in total. The summed E-state index contributed by atoms with van der Waals surface area (Å²) in [5.74, 6) is 0. The molecule has 6 heteroatoms. The summed E-state index contributed by atoms with van der Waals surface area (Å²) >= 11 is 7.75. The molecule has 0 aromatic heterocycles. The maximum absolute atomic E-state index is 11.5. The number of nitrogens with one attached hydrogen (secondary N) is 1. The van der Waals surface area contributed by atoms with E-state index in [-0.39, 0.29) is 4.90 Å². The van der Waals surface area contributed by atoms with Crippen molar-refractivity contribution in [3.8, 4) is 0 Å². The second-order valence-electron chi connectivity index (χ2n) is 2.54. The Kier molecular flexibility index (Phi) is 4.62. The number of alkyl halides is 1. The van der Waals surface area contributed by atoms with Crippen molar-refractivity contribution >= 4 is 44.2 Å². The lowest BCUT2D eigenvalue weighted by molar-refractivity contribution is 0.584. The predicted molar refractivity (Wildman–Crippen MR) is 65.5 cm³/mol. The molecule has 0 heterocycles. The van der Waals surface area contributed by atoms with E-state index in [1.54, 1.807) is 12.1 Å². The fourth-order valence-electron chi connectivity index (χ4n) is 0.870. The summed E-state index contributed by atoms with van der Waals surface area (Å²) in [6.07, 6.45) is 0. The lowest BCUT2D eigenvalue weighted by Crippen LogP contribution is -2.25. The topological polar surface area (TPSA) is 46.2 Å². The third kappa shape index (κ3) is 3.38. The van der Waals surface area contributed by atoms with Crippen molar-refractivity contribution in [1.29, 1.82) is 0 Å². The SMILES string of the molecule is O=S(=O)(NCCI)c1ccc(Cl)cc1. The van der Waals surface area contributed by atoms with Crippen LogP contribution in [0.3, 0.4) is 0 Å². The number of hydrogen-bond acceptors (Lipinski definition) is 2. The average molecular weight is 346 g/mol. The molecule has 1 aromatic carbocycles. The minimum absolute atomic E-state index is 0.242. The second-order valence-corrected chi connectivity index (χ2v) is 5.82. The summed E-state index contributed by atoms with van der Waals surface area (Å²) in [7, 11) is -3.35. The van der Waals surface area contributed by atoms with Gasteiger partial charge in [0.2, 0.25) is 10.0 Å². The highest BCUT2D eigenvalue weighted by Crippen LogP contribution is 2.13. The first kappa shape index (κ1) is 12.2. The highest BCUT2D eigenvalue weighted by Gasteiger charge is 2.11. The van der Waals surface area contributed by atoms with Crippen molar-refractivity contribution in [1.82, 2.24) is 4.72 Å². The molecule has 0 aliphatic rings. The van der Waals surface area contributed by atoms with Gasteiger partial charge in [0.25, 0.3) is 0 Å². The van der Waals surface area contributed by atoms with Crippen LogP contribution in [-0.2, 0) is 10.0 Å². The lowest BCUT2D eigenvalue weighted by Gasteiger charge is -2.04. The minimum atomic E-state index is -3.35. The van der Waals surface area contributed by atoms with Crippen LogP contribution in [0.5, 0.6) is 0 Å². The van der Waals surface area contributed by atoms with E-state index in [1.165, 1.54) is 12.1 Å². The normalized spacial score (nSPS) is 11.6. The molecule has 0 aliphatic carbocycles. The molecule has 0 radical (unpaired) electrons. The third-order valence-electron chi connectivity index (χ3n) is 1.51. The Morgan fingerprint density at radius 1 is 1.29 bits per heavy atom. The smallest absolute Gasteiger partial charge is 0.210 e. The van der Waals surface area contributed by atoms with Gasteiger partial charge in [-0.1, -0.05) is 34.2 Å². The van der Waals surface area contributed by atoms with Gasteiger partial charge in [-0.3, -0.25) is 0 Å². The van der Waals surface area contributed by atoms with Crippen LogP contribution in [-0.4, -0.2) is 19.4 Å². The van der Waals surface area contributed by atoms with Gasteiger partial charge in [0.15, 0.2) is 0 Å². The van der Waals surface area contributed by atoms with Gasteiger partial charge < -0.3 is 0 Å². The molecule has 1 aromatic rings. The van der Waals surface area contributed by atoms with Crippen LogP contribution in [0.25, 0.3) is 0 Å². The molecule has 0 amide bonds. The molecular weight excluding hydrogens is 337 g/mol. The molecule has 0 spiro atoms. The van der Waals surface area contributed by atoms with Crippen molar-refractivity contribution < 1.29 is 8.42 Å². The maximum atomic E-state index is 11.5. The predicted octanol–water partition coefficient (Wildman–Crippen LogP) is 2.05. The first-order valence-corrected chi connectivity index (χ1v) is 7.26. The highest BCUT2D eigenvalue weighted by molar-refractivity contribution is 14.1. The highest BCUT2D eigenvalue weighted by atomic mass is 127. The Labute approximate surface area is 102 Å². The monoisotopic (exact) mass is 345 g/mol. The molecule has 0 atom stereocenters. The molecule has 0 aliphatic heterocycles. The zero-order chi connectivity index (χ0) is 10.6. The van der Waals surface area contributed by atoms with Crippen LogP contribution in [0.2, 0.25) is 5.02 Å². The van der Waals surface area contributed by atoms with Crippen LogP contribution in [0.4, 0.5) is 0 Å². The number of hydrogen-bond donors (Lipinski definition) is 1. The molecule has 0 saturated carbocycles. The van der Waals surface area contributed by atoms with E-state index in [2.05, 4.69) is 27.3 Å². The Morgan fingerprint density at radius 3 is 2.36 bits per heavy atom. The average Bonchev–Trinajstić information content (AvgIpc) is 2.16. The van der Waals surface area contributed by atoms with Gasteiger partial charge in [0.1, 0.15) is 0 Å². The van der Waals surface area contributed by atoms with Crippen LogP contribution >= 0.6 is 34.2 Å². The van der Waals surface area contributed by atoms with E-state index in [0.29, 0.717) is 11.6 Å². The van der Waals surface area contributed by atoms with Crippen molar-refractivity contribution in [2.75, 3.05) is 11.0 Å². The van der Waals surface area contributed by atoms with Gasteiger partial charge in [0.05, 0.1) is 4.90 Å². The molecule has 0 unspecified atom stereocenters. The van der Waals surface area contributed by atoms with Crippen molar-refractivity contribution in [2.24, 2.45) is 0 Å². The molecule has 1 rings (SSSR count). The fraction of sp³-hybridized carbons (Fsp3) is 0.250. The lowest BCUT2D eigenvalue weighted by atomic mass is 10.4. The third-order valence-corrected chi connectivity index (χ3v) is 3.78. The molecule has 0 bridgehead atoms. The zero-order valence-corrected chi connectivity index (χ0v) is 10.9. The van der Waals surface area contributed by atoms with Crippen molar-refractivity contribution in [2.45, 2.75) is 4.90 Å². The van der Waals surface area contributed by atoms with E-state index in [0.717, 1.165) is 4.43 Å². The Bertz CT molecular complexity index is 390. The largest absolute Gasteiger partial charge is 0.240 e. The van der Waals surface area contributed by atoms with E-state index >= 15 is 0 Å². The van der Waals surface area contributed by atoms with Gasteiger partial charge >= 0.3 is 0 Å². The number of rotatable bonds is 4. The first-order chi connectivity index (χ1) is 6.56. The van der Waals surface area contributed by atoms with Gasteiger partial charge in [-0.25, -0.2) is 13.1 Å². The van der Waals surface area contributed by atoms with Crippen LogP contribution in [0, 0.1) is 0 Å². The number of benzene rings is 1. The summed E-state index contributed by atoms with van der Waals surface area (Å²) in [6, 6.07) is 6.08. The van der Waals surface area contributed by atoms with Gasteiger partial charge in [0, 0.05) is 16.0 Å². The first-order valence-electron chi connectivity index (χ1n) is 3.87. The summed E-state index contributed by atoms with van der Waals surface area (Å²) in [6.45, 7) is 0.436. The Balaban J connectivity index is 2.87. The molecule has 78 valence electrons. The minimum Gasteiger partial charge on any atom is -0.210 e. The Hall–Kier alpha value is 0.150. The van der Waals surface area contributed by atoms with Crippen LogP contribution < -0.4 is 4.72 Å². The van der Waals surface area contributed by atoms with E-state index in [1.807, 2.05) is 0 Å². The van der Waals surface area contributed by atoms with E-state index in [9.17, 15) is 8.42 Å². The van der Waals surface area contributed by atoms with Gasteiger partial charge in [-0.2, -0.15) is 0 Å². The van der Waals surface area contributed by atoms with Crippen LogP contribution in [0.1, 0.15) is 0 Å². The summed E-state index contributed by atoms with van der Waals surface area (Å²) in [4.78, 5) is 0.242. The Morgan fingerprint density at radius 2 is 1.86 bits per heavy atom. The van der Waals surface area contributed by atoms with Crippen LogP contribution in [0.15, 0.2) is 29.2 Å². The van der Waals surface area contributed by atoms with Crippen molar-refractivity contribution in [3.05, 3.63) is 29.3 Å². The van der Waals surface area contributed by atoms with Gasteiger partial charge in [-0.15, -0.1) is 0 Å². The summed E-state index contributed by atoms with van der Waals surface area (Å²) in [5.41, 5.74) is 0. The second kappa shape index (κ2) is 5.29. The maximum Gasteiger partial charge on any atom is 0.240 e. The van der Waals surface area contributed by atoms with Gasteiger partial charge in [-0.05, 0) is 24.3 Å². The van der Waals surface area contributed by atoms with E-state index in [4.69, 9.17) is 11.6 Å². The van der Waals surface area contributed by atoms with E-state index < -0.39 is 10.0 Å². The summed E-state index contributed by atoms with van der Waals surface area (Å²) < 4.78 is 26.3.